The number of hydrogen-bond donors (Lipinski definition) is 2. The first-order chi connectivity index (χ1) is 9.00. The van der Waals surface area contributed by atoms with Gasteiger partial charge in [0.15, 0.2) is 0 Å². The smallest absolute Gasteiger partial charge is 0.244 e. The highest BCUT2D eigenvalue weighted by atomic mass is 32.2. The quantitative estimate of drug-likeness (QED) is 0.900. The first kappa shape index (κ1) is 13.6. The molecular formula is C14H15NO3S. The molecule has 0 saturated heterocycles. The number of benzene rings is 2. The summed E-state index contributed by atoms with van der Waals surface area (Å²) in [5.41, 5.74) is 1.92. The van der Waals surface area contributed by atoms with Crippen LogP contribution in [-0.2, 0) is 16.6 Å². The van der Waals surface area contributed by atoms with E-state index >= 15 is 0 Å². The molecule has 0 unspecified atom stereocenters. The van der Waals surface area contributed by atoms with E-state index in [9.17, 15) is 13.5 Å². The van der Waals surface area contributed by atoms with Gasteiger partial charge in [0.2, 0.25) is 10.0 Å². The average Bonchev–Trinajstić information content (AvgIpc) is 2.38. The van der Waals surface area contributed by atoms with Crippen molar-refractivity contribution in [1.82, 2.24) is 4.72 Å². The summed E-state index contributed by atoms with van der Waals surface area (Å²) >= 11 is 0. The van der Waals surface area contributed by atoms with E-state index in [1.54, 1.807) is 12.1 Å². The zero-order valence-electron chi connectivity index (χ0n) is 10.5. The summed E-state index contributed by atoms with van der Waals surface area (Å²) in [5, 5.41) is 9.58. The second-order valence-corrected chi connectivity index (χ2v) is 5.95. The Labute approximate surface area is 112 Å². The number of phenolic OH excluding ortho intramolecular Hbond substituents is 1. The van der Waals surface area contributed by atoms with Gasteiger partial charge in [0.25, 0.3) is 0 Å². The van der Waals surface area contributed by atoms with Crippen LogP contribution < -0.4 is 4.72 Å². The predicted molar refractivity (Wildman–Crippen MR) is 73.3 cm³/mol. The van der Waals surface area contributed by atoms with Crippen LogP contribution in [-0.4, -0.2) is 13.5 Å². The minimum Gasteiger partial charge on any atom is -0.507 e. The van der Waals surface area contributed by atoms with Gasteiger partial charge in [0.05, 0.1) is 0 Å². The molecule has 2 N–H and O–H groups in total. The van der Waals surface area contributed by atoms with E-state index in [0.29, 0.717) is 0 Å². The molecule has 0 aliphatic rings. The monoisotopic (exact) mass is 277 g/mol. The maximum absolute atomic E-state index is 12.1. The number of aryl methyl sites for hydroxylation is 1. The second-order valence-electron chi connectivity index (χ2n) is 4.22. The molecule has 2 aromatic rings. The summed E-state index contributed by atoms with van der Waals surface area (Å²) in [7, 11) is -3.71. The zero-order chi connectivity index (χ0) is 13.9. The lowest BCUT2D eigenvalue weighted by atomic mass is 10.1. The van der Waals surface area contributed by atoms with Crippen LogP contribution >= 0.6 is 0 Å². The molecule has 0 atom stereocenters. The highest BCUT2D eigenvalue weighted by molar-refractivity contribution is 7.89. The normalized spacial score (nSPS) is 11.4. The van der Waals surface area contributed by atoms with E-state index in [1.165, 1.54) is 12.1 Å². The first-order valence-electron chi connectivity index (χ1n) is 5.83. The van der Waals surface area contributed by atoms with E-state index in [4.69, 9.17) is 0 Å². The molecule has 0 aliphatic carbocycles. The summed E-state index contributed by atoms with van der Waals surface area (Å²) in [6.45, 7) is 2.12. The van der Waals surface area contributed by atoms with Gasteiger partial charge in [-0.05, 0) is 30.2 Å². The summed E-state index contributed by atoms with van der Waals surface area (Å²) in [6.07, 6.45) is 0. The van der Waals surface area contributed by atoms with Crippen molar-refractivity contribution in [3.63, 3.8) is 0 Å². The van der Waals surface area contributed by atoms with E-state index < -0.39 is 10.0 Å². The summed E-state index contributed by atoms with van der Waals surface area (Å²) in [6, 6.07) is 13.4. The van der Waals surface area contributed by atoms with Crippen molar-refractivity contribution < 1.29 is 13.5 Å². The molecule has 0 aliphatic heterocycles. The van der Waals surface area contributed by atoms with Crippen molar-refractivity contribution in [2.24, 2.45) is 0 Å². The molecule has 0 spiro atoms. The maximum atomic E-state index is 12.1. The molecule has 0 fully saturated rings. The number of sulfonamides is 1. The maximum Gasteiger partial charge on any atom is 0.244 e. The zero-order valence-corrected chi connectivity index (χ0v) is 11.3. The molecule has 0 radical (unpaired) electrons. The number of aromatic hydroxyl groups is 1. The first-order valence-corrected chi connectivity index (χ1v) is 7.31. The molecular weight excluding hydrogens is 262 g/mol. The number of phenols is 1. The molecule has 100 valence electrons. The van der Waals surface area contributed by atoms with Gasteiger partial charge < -0.3 is 5.11 Å². The van der Waals surface area contributed by atoms with Gasteiger partial charge in [0, 0.05) is 6.54 Å². The standard InChI is InChI=1S/C14H15NO3S/c1-11-6-2-3-7-12(11)10-15-19(17,18)14-9-5-4-8-13(14)16/h2-9,15-16H,10H2,1H3. The third kappa shape index (κ3) is 3.13. The van der Waals surface area contributed by atoms with Gasteiger partial charge in [-0.3, -0.25) is 0 Å². The Bertz CT molecular complexity index is 681. The molecule has 0 aromatic heterocycles. The highest BCUT2D eigenvalue weighted by Crippen LogP contribution is 2.21. The summed E-state index contributed by atoms with van der Waals surface area (Å²) in [4.78, 5) is -0.108. The lowest BCUT2D eigenvalue weighted by molar-refractivity contribution is 0.458. The van der Waals surface area contributed by atoms with E-state index in [2.05, 4.69) is 4.72 Å². The Balaban J connectivity index is 2.20. The fraction of sp³-hybridized carbons (Fsp3) is 0.143. The number of para-hydroxylation sites is 1. The molecule has 0 heterocycles. The van der Waals surface area contributed by atoms with Crippen molar-refractivity contribution >= 4 is 10.0 Å². The Morgan fingerprint density at radius 2 is 1.68 bits per heavy atom. The minimum absolute atomic E-state index is 0.108. The summed E-state index contributed by atoms with van der Waals surface area (Å²) in [5.74, 6) is -0.250. The fourth-order valence-electron chi connectivity index (χ4n) is 1.74. The molecule has 2 aromatic carbocycles. The van der Waals surface area contributed by atoms with Crippen molar-refractivity contribution in [1.29, 1.82) is 0 Å². The van der Waals surface area contributed by atoms with E-state index in [0.717, 1.165) is 11.1 Å². The Hall–Kier alpha value is -1.85. The molecule has 2 rings (SSSR count). The molecule has 0 amide bonds. The van der Waals surface area contributed by atoms with Crippen molar-refractivity contribution in [3.05, 3.63) is 59.7 Å². The van der Waals surface area contributed by atoms with Gasteiger partial charge >= 0.3 is 0 Å². The summed E-state index contributed by atoms with van der Waals surface area (Å²) < 4.78 is 26.6. The van der Waals surface area contributed by atoms with Crippen molar-refractivity contribution in [2.75, 3.05) is 0 Å². The SMILES string of the molecule is Cc1ccccc1CNS(=O)(=O)c1ccccc1O. The van der Waals surface area contributed by atoms with E-state index in [-0.39, 0.29) is 17.2 Å². The molecule has 0 bridgehead atoms. The molecule has 19 heavy (non-hydrogen) atoms. The van der Waals surface area contributed by atoms with Gasteiger partial charge in [-0.1, -0.05) is 36.4 Å². The predicted octanol–water partition coefficient (Wildman–Crippen LogP) is 2.18. The van der Waals surface area contributed by atoms with Crippen LogP contribution in [0.4, 0.5) is 0 Å². The van der Waals surface area contributed by atoms with Crippen LogP contribution in [0.1, 0.15) is 11.1 Å². The Kier molecular flexibility index (Phi) is 3.87. The number of rotatable bonds is 4. The molecule has 0 saturated carbocycles. The third-order valence-corrected chi connectivity index (χ3v) is 4.32. The third-order valence-electron chi connectivity index (χ3n) is 2.87. The number of nitrogens with one attached hydrogen (secondary N) is 1. The lowest BCUT2D eigenvalue weighted by Gasteiger charge is -2.09. The topological polar surface area (TPSA) is 66.4 Å². The molecule has 4 nitrogen and oxygen atoms in total. The van der Waals surface area contributed by atoms with Crippen LogP contribution in [0.3, 0.4) is 0 Å². The Morgan fingerprint density at radius 3 is 2.37 bits per heavy atom. The Morgan fingerprint density at radius 1 is 1.05 bits per heavy atom. The van der Waals surface area contributed by atoms with Crippen molar-refractivity contribution in [2.45, 2.75) is 18.4 Å². The average molecular weight is 277 g/mol. The van der Waals surface area contributed by atoms with Crippen LogP contribution in [0.25, 0.3) is 0 Å². The van der Waals surface area contributed by atoms with Gasteiger partial charge in [-0.2, -0.15) is 0 Å². The van der Waals surface area contributed by atoms with Crippen LogP contribution in [0, 0.1) is 6.92 Å². The molecule has 5 heteroatoms. The highest BCUT2D eigenvalue weighted by Gasteiger charge is 2.17. The van der Waals surface area contributed by atoms with Gasteiger partial charge in [0.1, 0.15) is 10.6 Å². The van der Waals surface area contributed by atoms with Gasteiger partial charge in [-0.15, -0.1) is 0 Å². The van der Waals surface area contributed by atoms with Crippen LogP contribution in [0.2, 0.25) is 0 Å². The van der Waals surface area contributed by atoms with Crippen LogP contribution in [0.5, 0.6) is 5.75 Å². The van der Waals surface area contributed by atoms with Crippen molar-refractivity contribution in [3.8, 4) is 5.75 Å². The van der Waals surface area contributed by atoms with Crippen LogP contribution in [0.15, 0.2) is 53.4 Å². The number of hydrogen-bond acceptors (Lipinski definition) is 3. The largest absolute Gasteiger partial charge is 0.507 e. The lowest BCUT2D eigenvalue weighted by Crippen LogP contribution is -2.23. The van der Waals surface area contributed by atoms with Gasteiger partial charge in [-0.25, -0.2) is 13.1 Å². The van der Waals surface area contributed by atoms with E-state index in [1.807, 2.05) is 31.2 Å². The second kappa shape index (κ2) is 5.42. The fourth-order valence-corrected chi connectivity index (χ4v) is 2.85. The minimum atomic E-state index is -3.71.